The van der Waals surface area contributed by atoms with Crippen LogP contribution in [0.4, 0.5) is 0 Å². The molecule has 0 aliphatic heterocycles. The Kier molecular flexibility index (Phi) is 2.36. The lowest BCUT2D eigenvalue weighted by Gasteiger charge is -2.02. The van der Waals surface area contributed by atoms with Crippen LogP contribution in [0.5, 0.6) is 0 Å². The first-order chi connectivity index (χ1) is 6.92. The summed E-state index contributed by atoms with van der Waals surface area (Å²) in [7, 11) is 0. The molecule has 0 saturated carbocycles. The van der Waals surface area contributed by atoms with Gasteiger partial charge in [0.2, 0.25) is 0 Å². The fourth-order valence-corrected chi connectivity index (χ4v) is 1.28. The second kappa shape index (κ2) is 3.83. The number of benzene rings is 1. The standard InChI is InChI=1S/C10H9N3O/c1-11-14-6-10-8-4-2-3-5-9(8)12-7-13-10/h2-5,7H,1,6H2. The van der Waals surface area contributed by atoms with Crippen molar-refractivity contribution in [2.45, 2.75) is 6.61 Å². The van der Waals surface area contributed by atoms with Gasteiger partial charge >= 0.3 is 0 Å². The van der Waals surface area contributed by atoms with Crippen molar-refractivity contribution >= 4 is 17.6 Å². The van der Waals surface area contributed by atoms with Gasteiger partial charge in [-0.15, -0.1) is 5.16 Å². The highest BCUT2D eigenvalue weighted by atomic mass is 16.6. The second-order valence-electron chi connectivity index (χ2n) is 2.74. The van der Waals surface area contributed by atoms with E-state index in [2.05, 4.69) is 21.8 Å². The fourth-order valence-electron chi connectivity index (χ4n) is 1.28. The van der Waals surface area contributed by atoms with E-state index in [1.54, 1.807) is 0 Å². The molecule has 4 heteroatoms. The smallest absolute Gasteiger partial charge is 0.159 e. The van der Waals surface area contributed by atoms with Crippen LogP contribution in [0.1, 0.15) is 5.69 Å². The highest BCUT2D eigenvalue weighted by Gasteiger charge is 2.02. The molecule has 4 nitrogen and oxygen atoms in total. The molecule has 14 heavy (non-hydrogen) atoms. The Morgan fingerprint density at radius 3 is 3.00 bits per heavy atom. The molecular weight excluding hydrogens is 178 g/mol. The molecule has 1 heterocycles. The van der Waals surface area contributed by atoms with Gasteiger partial charge in [0, 0.05) is 12.1 Å². The van der Waals surface area contributed by atoms with Gasteiger partial charge in [0.1, 0.15) is 6.33 Å². The number of para-hydroxylation sites is 1. The molecule has 0 amide bonds. The van der Waals surface area contributed by atoms with Gasteiger partial charge in [0.25, 0.3) is 0 Å². The predicted octanol–water partition coefficient (Wildman–Crippen LogP) is 1.76. The van der Waals surface area contributed by atoms with Crippen molar-refractivity contribution in [2.75, 3.05) is 0 Å². The van der Waals surface area contributed by atoms with Crippen molar-refractivity contribution in [1.29, 1.82) is 0 Å². The molecule has 0 aliphatic rings. The van der Waals surface area contributed by atoms with Crippen molar-refractivity contribution in [1.82, 2.24) is 9.97 Å². The Hall–Kier alpha value is -1.97. The number of hydrogen-bond acceptors (Lipinski definition) is 4. The van der Waals surface area contributed by atoms with Crippen LogP contribution in [-0.2, 0) is 11.4 Å². The summed E-state index contributed by atoms with van der Waals surface area (Å²) in [4.78, 5) is 13.1. The molecule has 0 radical (unpaired) electrons. The summed E-state index contributed by atoms with van der Waals surface area (Å²) < 4.78 is 0. The summed E-state index contributed by atoms with van der Waals surface area (Å²) in [5.74, 6) is 0. The average molecular weight is 187 g/mol. The van der Waals surface area contributed by atoms with E-state index in [-0.39, 0.29) is 0 Å². The fraction of sp³-hybridized carbons (Fsp3) is 0.100. The van der Waals surface area contributed by atoms with E-state index in [4.69, 9.17) is 4.84 Å². The maximum absolute atomic E-state index is 4.85. The number of hydrogen-bond donors (Lipinski definition) is 0. The van der Waals surface area contributed by atoms with Gasteiger partial charge in [-0.1, -0.05) is 18.2 Å². The maximum Gasteiger partial charge on any atom is 0.159 e. The average Bonchev–Trinajstić information content (AvgIpc) is 2.26. The molecule has 0 fully saturated rings. The van der Waals surface area contributed by atoms with E-state index in [1.807, 2.05) is 24.3 Å². The van der Waals surface area contributed by atoms with Crippen LogP contribution < -0.4 is 0 Å². The number of rotatable bonds is 3. The molecule has 0 bridgehead atoms. The SMILES string of the molecule is C=NOCc1ncnc2ccccc12. The van der Waals surface area contributed by atoms with E-state index >= 15 is 0 Å². The molecule has 0 atom stereocenters. The lowest BCUT2D eigenvalue weighted by atomic mass is 10.2. The molecule has 0 aliphatic carbocycles. The zero-order valence-electron chi connectivity index (χ0n) is 7.55. The molecule has 2 rings (SSSR count). The van der Waals surface area contributed by atoms with Crippen LogP contribution in [0.25, 0.3) is 10.9 Å². The molecule has 2 aromatic rings. The lowest BCUT2D eigenvalue weighted by Crippen LogP contribution is -1.94. The van der Waals surface area contributed by atoms with Gasteiger partial charge < -0.3 is 4.84 Å². The Bertz CT molecular complexity index is 451. The first-order valence-electron chi connectivity index (χ1n) is 4.18. The van der Waals surface area contributed by atoms with Gasteiger partial charge in [-0.05, 0) is 6.07 Å². The van der Waals surface area contributed by atoms with Crippen molar-refractivity contribution in [2.24, 2.45) is 5.16 Å². The van der Waals surface area contributed by atoms with Gasteiger partial charge in [-0.2, -0.15) is 0 Å². The summed E-state index contributed by atoms with van der Waals surface area (Å²) >= 11 is 0. The third kappa shape index (κ3) is 1.54. The summed E-state index contributed by atoms with van der Waals surface area (Å²) in [6.07, 6.45) is 1.52. The van der Waals surface area contributed by atoms with E-state index in [9.17, 15) is 0 Å². The van der Waals surface area contributed by atoms with E-state index < -0.39 is 0 Å². The molecule has 0 N–H and O–H groups in total. The number of aromatic nitrogens is 2. The molecular formula is C10H9N3O. The Balaban J connectivity index is 2.48. The van der Waals surface area contributed by atoms with Crippen LogP contribution in [0, 0.1) is 0 Å². The van der Waals surface area contributed by atoms with Crippen molar-refractivity contribution in [3.05, 3.63) is 36.3 Å². The van der Waals surface area contributed by atoms with E-state index in [0.29, 0.717) is 6.61 Å². The zero-order chi connectivity index (χ0) is 9.80. The van der Waals surface area contributed by atoms with Crippen LogP contribution in [-0.4, -0.2) is 16.7 Å². The first kappa shape index (κ1) is 8.62. The Labute approximate surface area is 81.2 Å². The predicted molar refractivity (Wildman–Crippen MR) is 53.9 cm³/mol. The van der Waals surface area contributed by atoms with Gasteiger partial charge in [-0.25, -0.2) is 9.97 Å². The highest BCUT2D eigenvalue weighted by molar-refractivity contribution is 5.80. The number of oxime groups is 1. The summed E-state index contributed by atoms with van der Waals surface area (Å²) in [6, 6.07) is 7.77. The quantitative estimate of drug-likeness (QED) is 0.543. The highest BCUT2D eigenvalue weighted by Crippen LogP contribution is 2.14. The third-order valence-corrected chi connectivity index (χ3v) is 1.92. The largest absolute Gasteiger partial charge is 0.390 e. The van der Waals surface area contributed by atoms with E-state index in [1.165, 1.54) is 6.33 Å². The molecule has 0 spiro atoms. The molecule has 0 saturated heterocycles. The topological polar surface area (TPSA) is 47.4 Å². The van der Waals surface area contributed by atoms with Crippen molar-refractivity contribution < 1.29 is 4.84 Å². The number of nitrogens with zero attached hydrogens (tertiary/aromatic N) is 3. The normalized spacial score (nSPS) is 10.0. The minimum atomic E-state index is 0.326. The van der Waals surface area contributed by atoms with Gasteiger partial charge in [0.05, 0.1) is 11.2 Å². The van der Waals surface area contributed by atoms with Crippen LogP contribution in [0.3, 0.4) is 0 Å². The van der Waals surface area contributed by atoms with Crippen molar-refractivity contribution in [3.63, 3.8) is 0 Å². The van der Waals surface area contributed by atoms with Crippen LogP contribution in [0.15, 0.2) is 35.7 Å². The van der Waals surface area contributed by atoms with E-state index in [0.717, 1.165) is 16.6 Å². The summed E-state index contributed by atoms with van der Waals surface area (Å²) in [6.45, 7) is 3.57. The monoisotopic (exact) mass is 187 g/mol. The summed E-state index contributed by atoms with van der Waals surface area (Å²) in [5, 5.41) is 4.31. The summed E-state index contributed by atoms with van der Waals surface area (Å²) in [5.41, 5.74) is 1.73. The molecule has 0 unspecified atom stereocenters. The first-order valence-corrected chi connectivity index (χ1v) is 4.18. The minimum Gasteiger partial charge on any atom is -0.390 e. The maximum atomic E-state index is 4.85. The minimum absolute atomic E-state index is 0.326. The zero-order valence-corrected chi connectivity index (χ0v) is 7.55. The van der Waals surface area contributed by atoms with Crippen molar-refractivity contribution in [3.8, 4) is 0 Å². The van der Waals surface area contributed by atoms with Crippen LogP contribution in [0.2, 0.25) is 0 Å². The Morgan fingerprint density at radius 1 is 1.29 bits per heavy atom. The molecule has 70 valence electrons. The van der Waals surface area contributed by atoms with Gasteiger partial charge in [0.15, 0.2) is 6.61 Å². The number of fused-ring (bicyclic) bond motifs is 1. The van der Waals surface area contributed by atoms with Crippen LogP contribution >= 0.6 is 0 Å². The second-order valence-corrected chi connectivity index (χ2v) is 2.74. The van der Waals surface area contributed by atoms with Gasteiger partial charge in [-0.3, -0.25) is 0 Å². The molecule has 1 aromatic heterocycles. The molecule has 1 aromatic carbocycles. The Morgan fingerprint density at radius 2 is 2.14 bits per heavy atom. The lowest BCUT2D eigenvalue weighted by molar-refractivity contribution is 0.131. The third-order valence-electron chi connectivity index (χ3n) is 1.92.